The van der Waals surface area contributed by atoms with Crippen LogP contribution in [0, 0.1) is 6.42 Å². The van der Waals surface area contributed by atoms with Gasteiger partial charge in [-0.3, -0.25) is 0 Å². The van der Waals surface area contributed by atoms with Gasteiger partial charge >= 0.3 is 0 Å². The van der Waals surface area contributed by atoms with E-state index in [1.54, 1.807) is 0 Å². The summed E-state index contributed by atoms with van der Waals surface area (Å²) in [5.74, 6) is 0. The van der Waals surface area contributed by atoms with Crippen molar-refractivity contribution in [3.63, 3.8) is 0 Å². The summed E-state index contributed by atoms with van der Waals surface area (Å²) < 4.78 is 0. The van der Waals surface area contributed by atoms with Crippen LogP contribution in [0.2, 0.25) is 0 Å². The third-order valence-corrected chi connectivity index (χ3v) is 1.82. The number of hydrogen-bond acceptors (Lipinski definition) is 1. The maximum absolute atomic E-state index is 4.27. The molecule has 0 aromatic rings. The van der Waals surface area contributed by atoms with Gasteiger partial charge < -0.3 is 16.6 Å². The Kier molecular flexibility index (Phi) is 14.0. The fourth-order valence-corrected chi connectivity index (χ4v) is 1.14. The topological polar surface area (TPSA) is 17.3 Å². The van der Waals surface area contributed by atoms with E-state index in [1.807, 2.05) is 20.3 Å². The molecule has 1 radical (unpaired) electrons. The average Bonchev–Trinajstić information content (AvgIpc) is 2.07. The minimum atomic E-state index is 0. The first kappa shape index (κ1) is 16.5. The molecule has 0 aliphatic carbocycles. The first-order valence-electron chi connectivity index (χ1n) is 4.83. The zero-order valence-electron chi connectivity index (χ0n) is 9.45. The van der Waals surface area contributed by atoms with E-state index < -0.39 is 0 Å². The summed E-state index contributed by atoms with van der Waals surface area (Å²) in [4.78, 5) is 2.47. The van der Waals surface area contributed by atoms with Crippen molar-refractivity contribution in [3.8, 4) is 0 Å². The van der Waals surface area contributed by atoms with Crippen LogP contribution in [0.1, 0.15) is 27.7 Å². The van der Waals surface area contributed by atoms with Gasteiger partial charge in [0.2, 0.25) is 0 Å². The van der Waals surface area contributed by atoms with Gasteiger partial charge in [0.05, 0.1) is 0 Å². The van der Waals surface area contributed by atoms with Crippen molar-refractivity contribution in [2.75, 3.05) is 26.2 Å². The van der Waals surface area contributed by atoms with Crippen LogP contribution in [-0.4, -0.2) is 37.1 Å². The Morgan fingerprint density at radius 1 is 1.15 bits per heavy atom. The van der Waals surface area contributed by atoms with Gasteiger partial charge in [-0.15, -0.1) is 13.1 Å². The van der Waals surface area contributed by atoms with Gasteiger partial charge in [0, 0.05) is 38.8 Å². The molecule has 0 aromatic carbocycles. The molecule has 2 nitrogen and oxygen atoms in total. The molecule has 0 bridgehead atoms. The first-order valence-corrected chi connectivity index (χ1v) is 4.83. The van der Waals surface area contributed by atoms with Gasteiger partial charge in [-0.2, -0.15) is 13.8 Å². The predicted octanol–water partition coefficient (Wildman–Crippen LogP) is 2.31. The SMILES string of the molecule is CC(C)N1CC[N-]CC1.C[CH-]C.[Y]. The van der Waals surface area contributed by atoms with E-state index in [0.717, 1.165) is 26.2 Å². The Labute approximate surface area is 109 Å². The normalized spacial score (nSPS) is 17.3. The van der Waals surface area contributed by atoms with E-state index >= 15 is 0 Å². The number of nitrogens with zero attached hydrogens (tertiary/aromatic N) is 2. The monoisotopic (exact) mass is 259 g/mol. The molecule has 0 N–H and O–H groups in total. The Morgan fingerprint density at radius 2 is 1.54 bits per heavy atom. The van der Waals surface area contributed by atoms with E-state index in [0.29, 0.717) is 6.04 Å². The molecule has 1 aliphatic heterocycles. The zero-order chi connectivity index (χ0) is 9.40. The molecule has 0 unspecified atom stereocenters. The summed E-state index contributed by atoms with van der Waals surface area (Å²) in [6, 6.07) is 0.709. The Morgan fingerprint density at radius 3 is 1.77 bits per heavy atom. The molecule has 0 spiro atoms. The Balaban J connectivity index is 0. The minimum Gasteiger partial charge on any atom is -0.660 e. The van der Waals surface area contributed by atoms with E-state index in [1.165, 1.54) is 0 Å². The Hall–Kier alpha value is 1.02. The van der Waals surface area contributed by atoms with Crippen molar-refractivity contribution >= 4 is 0 Å². The molecule has 3 heteroatoms. The van der Waals surface area contributed by atoms with Crippen LogP contribution < -0.4 is 0 Å². The molecule has 13 heavy (non-hydrogen) atoms. The van der Waals surface area contributed by atoms with E-state index in [2.05, 4.69) is 24.1 Å². The van der Waals surface area contributed by atoms with Crippen LogP contribution >= 0.6 is 0 Å². The van der Waals surface area contributed by atoms with Crippen molar-refractivity contribution in [1.82, 2.24) is 4.90 Å². The maximum Gasteiger partial charge on any atom is 0.00371 e. The van der Waals surface area contributed by atoms with Gasteiger partial charge in [0.1, 0.15) is 0 Å². The quantitative estimate of drug-likeness (QED) is 0.660. The molecule has 1 heterocycles. The van der Waals surface area contributed by atoms with Crippen molar-refractivity contribution in [1.29, 1.82) is 0 Å². The summed E-state index contributed by atoms with van der Waals surface area (Å²) >= 11 is 0. The predicted molar refractivity (Wildman–Crippen MR) is 55.5 cm³/mol. The van der Waals surface area contributed by atoms with Gasteiger partial charge in [-0.25, -0.2) is 0 Å². The molecule has 1 aliphatic rings. The van der Waals surface area contributed by atoms with Crippen molar-refractivity contribution in [2.24, 2.45) is 0 Å². The van der Waals surface area contributed by atoms with Gasteiger partial charge in [-0.1, -0.05) is 0 Å². The van der Waals surface area contributed by atoms with Gasteiger partial charge in [0.15, 0.2) is 0 Å². The fraction of sp³-hybridized carbons (Fsp3) is 0.900. The fourth-order valence-electron chi connectivity index (χ4n) is 1.14. The summed E-state index contributed by atoms with van der Waals surface area (Å²) in [5, 5.41) is 4.27. The first-order chi connectivity index (χ1) is 5.72. The zero-order valence-corrected chi connectivity index (χ0v) is 12.3. The van der Waals surface area contributed by atoms with Crippen molar-refractivity contribution in [2.45, 2.75) is 33.7 Å². The van der Waals surface area contributed by atoms with Crippen molar-refractivity contribution in [3.05, 3.63) is 11.7 Å². The smallest absolute Gasteiger partial charge is 0.00371 e. The molecular weight excluding hydrogens is 237 g/mol. The largest absolute Gasteiger partial charge is 0.660 e. The van der Waals surface area contributed by atoms with Crippen molar-refractivity contribution < 1.29 is 32.7 Å². The Bertz CT molecular complexity index is 90.9. The van der Waals surface area contributed by atoms with Gasteiger partial charge in [-0.05, 0) is 26.9 Å². The van der Waals surface area contributed by atoms with Crippen LogP contribution in [-0.2, 0) is 32.7 Å². The van der Waals surface area contributed by atoms with Crippen LogP contribution in [0.3, 0.4) is 0 Å². The molecule has 0 saturated carbocycles. The summed E-state index contributed by atoms with van der Waals surface area (Å²) in [6.07, 6.45) is 2.00. The number of hydrogen-bond donors (Lipinski definition) is 0. The molecule has 0 aromatic heterocycles. The van der Waals surface area contributed by atoms with E-state index in [-0.39, 0.29) is 32.7 Å². The molecule has 77 valence electrons. The molecular formula is C10H22N2Y-2. The molecule has 0 atom stereocenters. The number of piperazine rings is 1. The standard InChI is InChI=1S/C7H15N2.C3H7.Y/c1-7(2)9-5-3-8-4-6-9;1-3-2;/h7H,3-6H2,1-2H3;3H,1-2H3;/q2*-1;. The number of rotatable bonds is 1. The van der Waals surface area contributed by atoms with Gasteiger partial charge in [0.25, 0.3) is 0 Å². The minimum absolute atomic E-state index is 0. The average molecular weight is 259 g/mol. The van der Waals surface area contributed by atoms with Crippen LogP contribution in [0.15, 0.2) is 0 Å². The van der Waals surface area contributed by atoms with E-state index in [4.69, 9.17) is 0 Å². The summed E-state index contributed by atoms with van der Waals surface area (Å²) in [7, 11) is 0. The molecule has 1 saturated heterocycles. The third-order valence-electron chi connectivity index (χ3n) is 1.82. The van der Waals surface area contributed by atoms with E-state index in [9.17, 15) is 0 Å². The second-order valence-electron chi connectivity index (χ2n) is 3.38. The molecule has 1 fully saturated rings. The second-order valence-corrected chi connectivity index (χ2v) is 3.38. The summed E-state index contributed by atoms with van der Waals surface area (Å²) in [5.41, 5.74) is 0. The summed E-state index contributed by atoms with van der Waals surface area (Å²) in [6.45, 7) is 12.9. The van der Waals surface area contributed by atoms with Crippen LogP contribution in [0.4, 0.5) is 0 Å². The second kappa shape index (κ2) is 11.1. The maximum atomic E-state index is 4.27. The van der Waals surface area contributed by atoms with Crippen LogP contribution in [0.25, 0.3) is 5.32 Å². The third kappa shape index (κ3) is 9.33. The molecule has 1 rings (SSSR count). The van der Waals surface area contributed by atoms with Crippen LogP contribution in [0.5, 0.6) is 0 Å². The molecule has 0 amide bonds.